The van der Waals surface area contributed by atoms with Crippen LogP contribution in [0.3, 0.4) is 0 Å². The second kappa shape index (κ2) is 3.29. The lowest BCUT2D eigenvalue weighted by atomic mass is 9.67. The Morgan fingerprint density at radius 1 is 1.00 bits per heavy atom. The molecule has 0 saturated heterocycles. The van der Waals surface area contributed by atoms with Gasteiger partial charge in [-0.2, -0.15) is 0 Å². The monoisotopic (exact) mass is 182 g/mol. The minimum atomic E-state index is 0.584. The van der Waals surface area contributed by atoms with Crippen molar-refractivity contribution in [1.29, 1.82) is 0 Å². The average Bonchev–Trinajstić information content (AvgIpc) is 2.70. The molecule has 0 aliphatic heterocycles. The van der Waals surface area contributed by atoms with E-state index in [4.69, 9.17) is 0 Å². The van der Waals surface area contributed by atoms with Crippen LogP contribution < -0.4 is 0 Å². The Balaban J connectivity index is 2.90. The molecular weight excluding hydrogens is 156 g/mol. The summed E-state index contributed by atoms with van der Waals surface area (Å²) in [7, 11) is 0. The minimum absolute atomic E-state index is 0.584. The summed E-state index contributed by atoms with van der Waals surface area (Å²) in [6.07, 6.45) is 4.05. The number of rotatable bonds is 4. The van der Waals surface area contributed by atoms with Gasteiger partial charge < -0.3 is 0 Å². The summed E-state index contributed by atoms with van der Waals surface area (Å²) in [5, 5.41) is 0. The van der Waals surface area contributed by atoms with Crippen LogP contribution >= 0.6 is 0 Å². The Morgan fingerprint density at radius 2 is 1.38 bits per heavy atom. The summed E-state index contributed by atoms with van der Waals surface area (Å²) in [5.41, 5.74) is 1.25. The van der Waals surface area contributed by atoms with Crippen molar-refractivity contribution in [3.63, 3.8) is 0 Å². The Labute approximate surface area is 84.1 Å². The second-order valence-electron chi connectivity index (χ2n) is 5.24. The summed E-state index contributed by atoms with van der Waals surface area (Å²) < 4.78 is 0. The van der Waals surface area contributed by atoms with Crippen LogP contribution in [0.5, 0.6) is 0 Å². The molecule has 2 atom stereocenters. The van der Waals surface area contributed by atoms with Gasteiger partial charge in [-0.05, 0) is 29.1 Å². The van der Waals surface area contributed by atoms with Gasteiger partial charge in [0.2, 0.25) is 0 Å². The largest absolute Gasteiger partial charge is 0.0648 e. The fourth-order valence-electron chi connectivity index (χ4n) is 3.94. The van der Waals surface area contributed by atoms with Gasteiger partial charge in [0.25, 0.3) is 0 Å². The average molecular weight is 182 g/mol. The van der Waals surface area contributed by atoms with E-state index in [9.17, 15) is 0 Å². The molecule has 0 aromatic heterocycles. The standard InChI is InChI=1S/C13H26/c1-7-12(6,8-2)13(9-3)10(4)11(13)5/h10-11H,7-9H2,1-6H3. The molecule has 0 radical (unpaired) electrons. The first-order chi connectivity index (χ1) is 6.00. The maximum absolute atomic E-state index is 2.50. The molecule has 0 bridgehead atoms. The highest BCUT2D eigenvalue weighted by Gasteiger charge is 2.65. The fourth-order valence-corrected chi connectivity index (χ4v) is 3.94. The predicted molar refractivity (Wildman–Crippen MR) is 59.7 cm³/mol. The molecule has 0 spiro atoms. The Kier molecular flexibility index (Phi) is 2.81. The fraction of sp³-hybridized carbons (Fsp3) is 1.00. The van der Waals surface area contributed by atoms with Gasteiger partial charge in [0, 0.05) is 0 Å². The zero-order chi connectivity index (χ0) is 10.3. The lowest BCUT2D eigenvalue weighted by Gasteiger charge is -2.38. The van der Waals surface area contributed by atoms with E-state index in [1.165, 1.54) is 19.3 Å². The first kappa shape index (κ1) is 11.1. The van der Waals surface area contributed by atoms with Crippen molar-refractivity contribution in [1.82, 2.24) is 0 Å². The molecule has 1 aliphatic rings. The van der Waals surface area contributed by atoms with Gasteiger partial charge >= 0.3 is 0 Å². The summed E-state index contributed by atoms with van der Waals surface area (Å²) in [6, 6.07) is 0. The highest BCUT2D eigenvalue weighted by Crippen LogP contribution is 2.71. The molecule has 13 heavy (non-hydrogen) atoms. The lowest BCUT2D eigenvalue weighted by Crippen LogP contribution is -2.29. The maximum Gasteiger partial charge on any atom is -0.0190 e. The van der Waals surface area contributed by atoms with E-state index in [1.54, 1.807) is 0 Å². The molecule has 0 aromatic carbocycles. The van der Waals surface area contributed by atoms with Crippen LogP contribution in [0.1, 0.15) is 60.8 Å². The van der Waals surface area contributed by atoms with Crippen LogP contribution in [0.15, 0.2) is 0 Å². The van der Waals surface area contributed by atoms with E-state index in [0.29, 0.717) is 10.8 Å². The molecular formula is C13H26. The van der Waals surface area contributed by atoms with E-state index in [-0.39, 0.29) is 0 Å². The molecule has 1 saturated carbocycles. The van der Waals surface area contributed by atoms with Crippen molar-refractivity contribution in [2.45, 2.75) is 60.8 Å². The molecule has 2 unspecified atom stereocenters. The molecule has 0 amide bonds. The zero-order valence-electron chi connectivity index (χ0n) is 10.3. The molecule has 0 nitrogen and oxygen atoms in total. The van der Waals surface area contributed by atoms with E-state index >= 15 is 0 Å². The van der Waals surface area contributed by atoms with E-state index in [0.717, 1.165) is 11.8 Å². The highest BCUT2D eigenvalue weighted by atomic mass is 14.7. The Bertz CT molecular complexity index is 168. The Hall–Kier alpha value is 0. The smallest absolute Gasteiger partial charge is 0.0190 e. The third-order valence-corrected chi connectivity index (χ3v) is 5.54. The maximum atomic E-state index is 2.50. The molecule has 0 heterocycles. The van der Waals surface area contributed by atoms with Gasteiger partial charge in [-0.15, -0.1) is 0 Å². The SMILES string of the molecule is CCC(C)(CC)C1(CC)C(C)C1C. The quantitative estimate of drug-likeness (QED) is 0.600. The van der Waals surface area contributed by atoms with Gasteiger partial charge in [-0.3, -0.25) is 0 Å². The topological polar surface area (TPSA) is 0 Å². The van der Waals surface area contributed by atoms with Gasteiger partial charge in [-0.1, -0.05) is 54.4 Å². The van der Waals surface area contributed by atoms with E-state index in [1.807, 2.05) is 0 Å². The summed E-state index contributed by atoms with van der Waals surface area (Å²) >= 11 is 0. The van der Waals surface area contributed by atoms with Crippen molar-refractivity contribution >= 4 is 0 Å². The third-order valence-electron chi connectivity index (χ3n) is 5.54. The van der Waals surface area contributed by atoms with Crippen LogP contribution in [-0.4, -0.2) is 0 Å². The number of hydrogen-bond donors (Lipinski definition) is 0. The van der Waals surface area contributed by atoms with Gasteiger partial charge in [0.15, 0.2) is 0 Å². The van der Waals surface area contributed by atoms with E-state index in [2.05, 4.69) is 41.5 Å². The van der Waals surface area contributed by atoms with Crippen LogP contribution in [0.4, 0.5) is 0 Å². The van der Waals surface area contributed by atoms with Gasteiger partial charge in [0.05, 0.1) is 0 Å². The molecule has 1 fully saturated rings. The van der Waals surface area contributed by atoms with Gasteiger partial charge in [-0.25, -0.2) is 0 Å². The van der Waals surface area contributed by atoms with Crippen molar-refractivity contribution < 1.29 is 0 Å². The van der Waals surface area contributed by atoms with Crippen LogP contribution in [0, 0.1) is 22.7 Å². The Morgan fingerprint density at radius 3 is 1.46 bits per heavy atom. The first-order valence-corrected chi connectivity index (χ1v) is 6.00. The molecule has 1 aliphatic carbocycles. The van der Waals surface area contributed by atoms with Crippen molar-refractivity contribution in [3.05, 3.63) is 0 Å². The van der Waals surface area contributed by atoms with Gasteiger partial charge in [0.1, 0.15) is 0 Å². The highest BCUT2D eigenvalue weighted by molar-refractivity contribution is 5.13. The van der Waals surface area contributed by atoms with Crippen LogP contribution in [0.25, 0.3) is 0 Å². The van der Waals surface area contributed by atoms with Crippen molar-refractivity contribution in [2.24, 2.45) is 22.7 Å². The molecule has 0 N–H and O–H groups in total. The van der Waals surface area contributed by atoms with Crippen LogP contribution in [-0.2, 0) is 0 Å². The van der Waals surface area contributed by atoms with Crippen molar-refractivity contribution in [2.75, 3.05) is 0 Å². The third kappa shape index (κ3) is 1.17. The summed E-state index contributed by atoms with van der Waals surface area (Å²) in [6.45, 7) is 14.5. The molecule has 1 rings (SSSR count). The molecule has 0 heteroatoms. The van der Waals surface area contributed by atoms with Crippen molar-refractivity contribution in [3.8, 4) is 0 Å². The lowest BCUT2D eigenvalue weighted by molar-refractivity contribution is 0.113. The first-order valence-electron chi connectivity index (χ1n) is 6.00. The van der Waals surface area contributed by atoms with Crippen LogP contribution in [0.2, 0.25) is 0 Å². The minimum Gasteiger partial charge on any atom is -0.0648 e. The molecule has 0 aromatic rings. The predicted octanol–water partition coefficient (Wildman–Crippen LogP) is 4.49. The molecule has 78 valence electrons. The summed E-state index contributed by atoms with van der Waals surface area (Å²) in [4.78, 5) is 0. The zero-order valence-corrected chi connectivity index (χ0v) is 10.3. The second-order valence-corrected chi connectivity index (χ2v) is 5.24. The normalized spacial score (nSPS) is 39.2. The number of hydrogen-bond acceptors (Lipinski definition) is 0. The summed E-state index contributed by atoms with van der Waals surface area (Å²) in [5.74, 6) is 1.89. The van der Waals surface area contributed by atoms with E-state index < -0.39 is 0 Å².